The average Bonchev–Trinajstić information content (AvgIpc) is 2.12. The lowest BCUT2D eigenvalue weighted by Gasteiger charge is -2.55. The summed E-state index contributed by atoms with van der Waals surface area (Å²) in [6.07, 6.45) is 0. The van der Waals surface area contributed by atoms with Gasteiger partial charge in [0, 0.05) is 0 Å². The van der Waals surface area contributed by atoms with Crippen molar-refractivity contribution in [3.05, 3.63) is 0 Å². The Balaban J connectivity index is 5.69. The van der Waals surface area contributed by atoms with E-state index >= 15 is 0 Å². The first-order valence-electron chi connectivity index (χ1n) is 7.79. The molecule has 1 nitrogen and oxygen atoms in total. The Morgan fingerprint density at radius 3 is 0.842 bits per heavy atom. The summed E-state index contributed by atoms with van der Waals surface area (Å²) in [7, 11) is 0. The summed E-state index contributed by atoms with van der Waals surface area (Å²) in [5.74, 6) is 0.959. The first-order chi connectivity index (χ1) is 8.09. The first-order valence-corrected chi connectivity index (χ1v) is 7.79. The van der Waals surface area contributed by atoms with E-state index in [-0.39, 0.29) is 22.0 Å². The molecular weight excluding hydrogens is 232 g/mol. The average molecular weight is 271 g/mol. The van der Waals surface area contributed by atoms with Gasteiger partial charge in [0.05, 0.1) is 11.2 Å². The Hall–Kier alpha value is -0.0400. The number of ether oxygens (including phenoxy) is 1. The van der Waals surface area contributed by atoms with Gasteiger partial charge in [-0.1, -0.05) is 69.2 Å². The Bertz CT molecular complexity index is 260. The van der Waals surface area contributed by atoms with Crippen LogP contribution in [0.3, 0.4) is 0 Å². The summed E-state index contributed by atoms with van der Waals surface area (Å²) < 4.78 is 6.88. The highest BCUT2D eigenvalue weighted by molar-refractivity contribution is 4.99. The molecule has 0 radical (unpaired) electrons. The van der Waals surface area contributed by atoms with Crippen LogP contribution in [0.15, 0.2) is 0 Å². The molecule has 0 aliphatic carbocycles. The minimum absolute atomic E-state index is 0.114. The molecule has 116 valence electrons. The van der Waals surface area contributed by atoms with Gasteiger partial charge in [0.15, 0.2) is 0 Å². The molecule has 0 aromatic heterocycles. The summed E-state index contributed by atoms with van der Waals surface area (Å²) in [4.78, 5) is 0. The molecule has 0 aromatic carbocycles. The fourth-order valence-corrected chi connectivity index (χ4v) is 2.71. The van der Waals surface area contributed by atoms with Gasteiger partial charge in [-0.15, -0.1) is 0 Å². The molecule has 0 rings (SSSR count). The number of hydrogen-bond acceptors (Lipinski definition) is 1. The van der Waals surface area contributed by atoms with E-state index < -0.39 is 0 Å². The van der Waals surface area contributed by atoms with Crippen molar-refractivity contribution in [2.24, 2.45) is 22.7 Å². The van der Waals surface area contributed by atoms with Gasteiger partial charge in [-0.3, -0.25) is 0 Å². The third-order valence-corrected chi connectivity index (χ3v) is 5.61. The van der Waals surface area contributed by atoms with E-state index in [2.05, 4.69) is 83.1 Å². The van der Waals surface area contributed by atoms with E-state index in [9.17, 15) is 0 Å². The van der Waals surface area contributed by atoms with E-state index in [1.807, 2.05) is 0 Å². The van der Waals surface area contributed by atoms with Gasteiger partial charge < -0.3 is 4.74 Å². The topological polar surface area (TPSA) is 9.23 Å². The molecule has 2 atom stereocenters. The van der Waals surface area contributed by atoms with Crippen molar-refractivity contribution in [2.45, 2.75) is 94.3 Å². The molecule has 0 aromatic rings. The Morgan fingerprint density at radius 1 is 0.526 bits per heavy atom. The van der Waals surface area contributed by atoms with Crippen molar-refractivity contribution >= 4 is 0 Å². The second-order valence-corrected chi connectivity index (χ2v) is 9.13. The zero-order chi connectivity index (χ0) is 15.9. The molecular formula is C18H38O. The van der Waals surface area contributed by atoms with Crippen molar-refractivity contribution in [1.29, 1.82) is 0 Å². The van der Waals surface area contributed by atoms with Crippen molar-refractivity contribution in [3.8, 4) is 0 Å². The van der Waals surface area contributed by atoms with Gasteiger partial charge in [0.25, 0.3) is 0 Å². The van der Waals surface area contributed by atoms with Gasteiger partial charge in [0.1, 0.15) is 0 Å². The van der Waals surface area contributed by atoms with Crippen molar-refractivity contribution in [2.75, 3.05) is 0 Å². The quantitative estimate of drug-likeness (QED) is 0.615. The lowest BCUT2D eigenvalue weighted by atomic mass is 9.67. The van der Waals surface area contributed by atoms with Crippen molar-refractivity contribution < 1.29 is 4.74 Å². The van der Waals surface area contributed by atoms with Gasteiger partial charge in [-0.25, -0.2) is 0 Å². The molecule has 0 saturated heterocycles. The van der Waals surface area contributed by atoms with E-state index in [1.54, 1.807) is 0 Å². The van der Waals surface area contributed by atoms with Crippen LogP contribution in [-0.4, -0.2) is 11.2 Å². The molecule has 0 bridgehead atoms. The summed E-state index contributed by atoms with van der Waals surface area (Å²) in [6, 6.07) is 0. The van der Waals surface area contributed by atoms with Crippen LogP contribution in [0.5, 0.6) is 0 Å². The molecule has 0 aliphatic heterocycles. The second kappa shape index (κ2) is 5.39. The van der Waals surface area contributed by atoms with E-state index in [4.69, 9.17) is 4.74 Å². The van der Waals surface area contributed by atoms with Gasteiger partial charge in [-0.2, -0.15) is 0 Å². The van der Waals surface area contributed by atoms with Crippen LogP contribution in [0, 0.1) is 22.7 Å². The molecule has 0 saturated carbocycles. The predicted molar refractivity (Wildman–Crippen MR) is 86.5 cm³/mol. The summed E-state index contributed by atoms with van der Waals surface area (Å²) in [6.45, 7) is 27.4. The summed E-state index contributed by atoms with van der Waals surface area (Å²) in [5, 5.41) is 0. The third kappa shape index (κ3) is 3.54. The third-order valence-electron chi connectivity index (χ3n) is 5.61. The number of hydrogen-bond donors (Lipinski definition) is 0. The largest absolute Gasteiger partial charge is 0.368 e. The van der Waals surface area contributed by atoms with Gasteiger partial charge in [0.2, 0.25) is 0 Å². The lowest BCUT2D eigenvalue weighted by Crippen LogP contribution is -2.58. The monoisotopic (exact) mass is 270 g/mol. The molecule has 19 heavy (non-hydrogen) atoms. The van der Waals surface area contributed by atoms with Crippen molar-refractivity contribution in [3.63, 3.8) is 0 Å². The van der Waals surface area contributed by atoms with E-state index in [1.165, 1.54) is 0 Å². The molecule has 0 spiro atoms. The van der Waals surface area contributed by atoms with Crippen LogP contribution in [0.4, 0.5) is 0 Å². The Kier molecular flexibility index (Phi) is 5.38. The van der Waals surface area contributed by atoms with Gasteiger partial charge in [-0.05, 0) is 36.5 Å². The number of rotatable bonds is 4. The first kappa shape index (κ1) is 19.0. The van der Waals surface area contributed by atoms with Crippen LogP contribution in [0.25, 0.3) is 0 Å². The smallest absolute Gasteiger partial charge is 0.0733 e. The molecule has 0 amide bonds. The van der Waals surface area contributed by atoms with E-state index in [0.717, 1.165) is 0 Å². The zero-order valence-electron chi connectivity index (χ0n) is 15.6. The van der Waals surface area contributed by atoms with Crippen LogP contribution >= 0.6 is 0 Å². The van der Waals surface area contributed by atoms with E-state index in [0.29, 0.717) is 11.8 Å². The standard InChI is InChI=1S/C18H38O/c1-13(2)17(11,15(5,6)7)19-18(12,14(3)4)16(8,9)10/h13-14H,1-12H3. The second-order valence-electron chi connectivity index (χ2n) is 9.13. The minimum Gasteiger partial charge on any atom is -0.368 e. The molecule has 0 N–H and O–H groups in total. The molecule has 0 heterocycles. The van der Waals surface area contributed by atoms with Crippen LogP contribution in [0.2, 0.25) is 0 Å². The maximum Gasteiger partial charge on any atom is 0.0733 e. The molecule has 1 heteroatoms. The fraction of sp³-hybridized carbons (Fsp3) is 1.00. The van der Waals surface area contributed by atoms with Crippen LogP contribution in [-0.2, 0) is 4.74 Å². The van der Waals surface area contributed by atoms with Crippen molar-refractivity contribution in [1.82, 2.24) is 0 Å². The maximum atomic E-state index is 6.88. The highest BCUT2D eigenvalue weighted by atomic mass is 16.5. The summed E-state index contributed by atoms with van der Waals surface area (Å²) in [5.41, 5.74) is -0.0519. The van der Waals surface area contributed by atoms with Gasteiger partial charge >= 0.3 is 0 Å². The Labute approximate surface area is 122 Å². The lowest BCUT2D eigenvalue weighted by molar-refractivity contribution is -0.255. The minimum atomic E-state index is -0.140. The maximum absolute atomic E-state index is 6.88. The normalized spacial score (nSPS) is 20.5. The van der Waals surface area contributed by atoms with Crippen LogP contribution in [0.1, 0.15) is 83.1 Å². The van der Waals surface area contributed by atoms with Crippen LogP contribution < -0.4 is 0 Å². The molecule has 2 unspecified atom stereocenters. The SMILES string of the molecule is CC(C)C(C)(OC(C)(C(C)C)C(C)(C)C)C(C)(C)C. The highest BCUT2D eigenvalue weighted by Gasteiger charge is 2.51. The molecule has 0 fully saturated rings. The molecule has 0 aliphatic rings. The Morgan fingerprint density at radius 2 is 0.737 bits per heavy atom. The predicted octanol–water partition coefficient (Wildman–Crippen LogP) is 5.92. The highest BCUT2D eigenvalue weighted by Crippen LogP contribution is 2.49. The fourth-order valence-electron chi connectivity index (χ4n) is 2.71. The zero-order valence-corrected chi connectivity index (χ0v) is 15.6. The summed E-state index contributed by atoms with van der Waals surface area (Å²) >= 11 is 0.